The van der Waals surface area contributed by atoms with Crippen LogP contribution in [-0.2, 0) is 0 Å². The van der Waals surface area contributed by atoms with Crippen molar-refractivity contribution in [2.24, 2.45) is 0 Å². The number of rotatable bonds is 4. The van der Waals surface area contributed by atoms with Gasteiger partial charge in [-0.1, -0.05) is 24.3 Å². The standard InChI is InChI=1S/C20H23N3O2.ClH/c1-23(18-8-3-2-4-9-18)20(25)16-7-5-6-15(14-16)19(24)22-17-10-12-21-13-11-17;/h2-9,14,17,21H,10-13H2,1H3,(H,22,24);1H. The number of carbonyl (C=O) groups excluding carboxylic acids is 2. The largest absolute Gasteiger partial charge is 0.349 e. The third-order valence-corrected chi connectivity index (χ3v) is 4.49. The maximum absolute atomic E-state index is 12.7. The first-order chi connectivity index (χ1) is 12.1. The zero-order valence-electron chi connectivity index (χ0n) is 14.8. The fourth-order valence-electron chi connectivity index (χ4n) is 2.99. The fraction of sp³-hybridized carbons (Fsp3) is 0.300. The molecule has 0 spiro atoms. The van der Waals surface area contributed by atoms with Crippen LogP contribution in [0.3, 0.4) is 0 Å². The minimum atomic E-state index is -0.136. The van der Waals surface area contributed by atoms with Gasteiger partial charge < -0.3 is 15.5 Å². The second kappa shape index (κ2) is 9.36. The van der Waals surface area contributed by atoms with Crippen LogP contribution in [0.25, 0.3) is 0 Å². The number of nitrogens with one attached hydrogen (secondary N) is 2. The van der Waals surface area contributed by atoms with Gasteiger partial charge in [0.1, 0.15) is 0 Å². The molecule has 2 N–H and O–H groups in total. The van der Waals surface area contributed by atoms with Crippen molar-refractivity contribution >= 4 is 29.9 Å². The van der Waals surface area contributed by atoms with E-state index in [2.05, 4.69) is 10.6 Å². The van der Waals surface area contributed by atoms with Gasteiger partial charge in [0.15, 0.2) is 0 Å². The minimum absolute atomic E-state index is 0. The molecule has 2 aromatic rings. The number of carbonyl (C=O) groups is 2. The molecule has 3 rings (SSSR count). The summed E-state index contributed by atoms with van der Waals surface area (Å²) in [6, 6.07) is 16.6. The molecule has 5 nitrogen and oxygen atoms in total. The zero-order chi connectivity index (χ0) is 17.6. The van der Waals surface area contributed by atoms with Gasteiger partial charge in [-0.3, -0.25) is 9.59 Å². The number of para-hydroxylation sites is 1. The summed E-state index contributed by atoms with van der Waals surface area (Å²) in [6.07, 6.45) is 1.86. The first kappa shape index (κ1) is 19.9. The molecule has 0 radical (unpaired) electrons. The molecule has 2 aromatic carbocycles. The fourth-order valence-corrected chi connectivity index (χ4v) is 2.99. The number of hydrogen-bond acceptors (Lipinski definition) is 3. The summed E-state index contributed by atoms with van der Waals surface area (Å²) in [6.45, 7) is 1.84. The number of anilines is 1. The number of halogens is 1. The Bertz CT molecular complexity index is 746. The van der Waals surface area contributed by atoms with Gasteiger partial charge in [-0.05, 0) is 56.3 Å². The van der Waals surface area contributed by atoms with E-state index in [-0.39, 0.29) is 30.3 Å². The number of benzene rings is 2. The van der Waals surface area contributed by atoms with E-state index in [0.717, 1.165) is 31.6 Å². The molecule has 0 bridgehead atoms. The van der Waals surface area contributed by atoms with Crippen LogP contribution in [0.15, 0.2) is 54.6 Å². The predicted molar refractivity (Wildman–Crippen MR) is 106 cm³/mol. The van der Waals surface area contributed by atoms with Gasteiger partial charge in [0, 0.05) is 29.9 Å². The molecule has 1 aliphatic rings. The van der Waals surface area contributed by atoms with E-state index >= 15 is 0 Å². The first-order valence-corrected chi connectivity index (χ1v) is 8.60. The molecule has 1 aliphatic heterocycles. The monoisotopic (exact) mass is 373 g/mol. The number of amides is 2. The molecule has 1 fully saturated rings. The third-order valence-electron chi connectivity index (χ3n) is 4.49. The van der Waals surface area contributed by atoms with Gasteiger partial charge in [-0.25, -0.2) is 0 Å². The average Bonchev–Trinajstić information content (AvgIpc) is 2.68. The minimum Gasteiger partial charge on any atom is -0.349 e. The van der Waals surface area contributed by atoms with E-state index in [1.165, 1.54) is 0 Å². The quantitative estimate of drug-likeness (QED) is 0.866. The van der Waals surface area contributed by atoms with Crippen molar-refractivity contribution in [1.82, 2.24) is 10.6 Å². The molecule has 0 unspecified atom stereocenters. The van der Waals surface area contributed by atoms with E-state index in [0.29, 0.717) is 11.1 Å². The highest BCUT2D eigenvalue weighted by Gasteiger charge is 2.18. The van der Waals surface area contributed by atoms with Crippen molar-refractivity contribution < 1.29 is 9.59 Å². The molecular formula is C20H24ClN3O2. The van der Waals surface area contributed by atoms with Crippen LogP contribution in [0.4, 0.5) is 5.69 Å². The summed E-state index contributed by atoms with van der Waals surface area (Å²) in [5, 5.41) is 6.34. The van der Waals surface area contributed by atoms with Crippen LogP contribution in [0, 0.1) is 0 Å². The maximum atomic E-state index is 12.7. The Morgan fingerprint density at radius 2 is 1.65 bits per heavy atom. The highest BCUT2D eigenvalue weighted by atomic mass is 35.5. The van der Waals surface area contributed by atoms with Gasteiger partial charge in [0.25, 0.3) is 11.8 Å². The smallest absolute Gasteiger partial charge is 0.258 e. The van der Waals surface area contributed by atoms with Crippen LogP contribution >= 0.6 is 12.4 Å². The molecule has 138 valence electrons. The van der Waals surface area contributed by atoms with Gasteiger partial charge in [0.05, 0.1) is 0 Å². The Hall–Kier alpha value is -2.37. The van der Waals surface area contributed by atoms with E-state index in [9.17, 15) is 9.59 Å². The van der Waals surface area contributed by atoms with E-state index in [4.69, 9.17) is 0 Å². The summed E-state index contributed by atoms with van der Waals surface area (Å²) < 4.78 is 0. The number of nitrogens with zero attached hydrogens (tertiary/aromatic N) is 1. The Kier molecular flexibility index (Phi) is 7.18. The van der Waals surface area contributed by atoms with Crippen molar-refractivity contribution in [2.75, 3.05) is 25.0 Å². The molecule has 0 saturated carbocycles. The molecule has 26 heavy (non-hydrogen) atoms. The van der Waals surface area contributed by atoms with E-state index in [1.807, 2.05) is 30.3 Å². The summed E-state index contributed by atoms with van der Waals surface area (Å²) in [5.41, 5.74) is 1.84. The lowest BCUT2D eigenvalue weighted by molar-refractivity contribution is 0.0929. The molecule has 0 atom stereocenters. The highest BCUT2D eigenvalue weighted by Crippen LogP contribution is 2.16. The Morgan fingerprint density at radius 3 is 2.35 bits per heavy atom. The summed E-state index contributed by atoms with van der Waals surface area (Å²) in [4.78, 5) is 26.8. The van der Waals surface area contributed by atoms with Crippen molar-refractivity contribution in [2.45, 2.75) is 18.9 Å². The molecule has 0 aromatic heterocycles. The van der Waals surface area contributed by atoms with Crippen LogP contribution in [-0.4, -0.2) is 38.0 Å². The van der Waals surface area contributed by atoms with Crippen molar-refractivity contribution in [3.05, 3.63) is 65.7 Å². The number of piperidine rings is 1. The number of hydrogen-bond donors (Lipinski definition) is 2. The maximum Gasteiger partial charge on any atom is 0.258 e. The van der Waals surface area contributed by atoms with Crippen LogP contribution < -0.4 is 15.5 Å². The average molecular weight is 374 g/mol. The second-order valence-electron chi connectivity index (χ2n) is 6.28. The lowest BCUT2D eigenvalue weighted by Gasteiger charge is -2.23. The Labute approximate surface area is 160 Å². The van der Waals surface area contributed by atoms with Crippen molar-refractivity contribution in [1.29, 1.82) is 0 Å². The molecule has 1 saturated heterocycles. The van der Waals surface area contributed by atoms with Gasteiger partial charge in [-0.2, -0.15) is 0 Å². The predicted octanol–water partition coefficient (Wildman–Crippen LogP) is 2.87. The normalized spacial score (nSPS) is 14.2. The van der Waals surface area contributed by atoms with E-state index in [1.54, 1.807) is 36.2 Å². The molecule has 6 heteroatoms. The molecule has 1 heterocycles. The first-order valence-electron chi connectivity index (χ1n) is 8.60. The van der Waals surface area contributed by atoms with E-state index < -0.39 is 0 Å². The molecular weight excluding hydrogens is 350 g/mol. The molecule has 2 amide bonds. The zero-order valence-corrected chi connectivity index (χ0v) is 15.6. The van der Waals surface area contributed by atoms with Gasteiger partial charge in [-0.15, -0.1) is 12.4 Å². The van der Waals surface area contributed by atoms with Crippen LogP contribution in [0.1, 0.15) is 33.6 Å². The topological polar surface area (TPSA) is 61.4 Å². The summed E-state index contributed by atoms with van der Waals surface area (Å²) in [7, 11) is 1.74. The summed E-state index contributed by atoms with van der Waals surface area (Å²) >= 11 is 0. The van der Waals surface area contributed by atoms with Gasteiger partial charge >= 0.3 is 0 Å². The Balaban J connectivity index is 0.00000243. The van der Waals surface area contributed by atoms with Crippen molar-refractivity contribution in [3.63, 3.8) is 0 Å². The second-order valence-corrected chi connectivity index (χ2v) is 6.28. The lowest BCUT2D eigenvalue weighted by Crippen LogP contribution is -2.42. The summed E-state index contributed by atoms with van der Waals surface area (Å²) in [5.74, 6) is -0.258. The molecule has 0 aliphatic carbocycles. The van der Waals surface area contributed by atoms with Gasteiger partial charge in [0.2, 0.25) is 0 Å². The van der Waals surface area contributed by atoms with Crippen LogP contribution in [0.5, 0.6) is 0 Å². The van der Waals surface area contributed by atoms with Crippen LogP contribution in [0.2, 0.25) is 0 Å². The van der Waals surface area contributed by atoms with Crippen molar-refractivity contribution in [3.8, 4) is 0 Å². The highest BCUT2D eigenvalue weighted by molar-refractivity contribution is 6.07. The third kappa shape index (κ3) is 4.84. The Morgan fingerprint density at radius 1 is 1.00 bits per heavy atom. The SMILES string of the molecule is CN(C(=O)c1cccc(C(=O)NC2CCNCC2)c1)c1ccccc1.Cl. The lowest BCUT2D eigenvalue weighted by atomic mass is 10.0.